The van der Waals surface area contributed by atoms with Crippen molar-refractivity contribution in [3.05, 3.63) is 18.3 Å². The molecule has 0 aliphatic carbocycles. The van der Waals surface area contributed by atoms with Gasteiger partial charge in [0.25, 0.3) is 0 Å². The number of anilines is 2. The zero-order valence-corrected chi connectivity index (χ0v) is 13.5. The molecule has 1 rings (SSSR count). The van der Waals surface area contributed by atoms with Crippen LogP contribution in [0.2, 0.25) is 0 Å². The largest absolute Gasteiger partial charge is 0.384 e. The molecule has 0 saturated heterocycles. The summed E-state index contributed by atoms with van der Waals surface area (Å²) in [6.07, 6.45) is 9.99. The molecule has 0 fully saturated rings. The Morgan fingerprint density at radius 1 is 0.950 bits per heavy atom. The van der Waals surface area contributed by atoms with Crippen LogP contribution in [0.15, 0.2) is 18.3 Å². The van der Waals surface area contributed by atoms with E-state index in [1.165, 1.54) is 38.5 Å². The first-order valence-electron chi connectivity index (χ1n) is 8.26. The molecule has 0 radical (unpaired) electrons. The number of pyridine rings is 1. The summed E-state index contributed by atoms with van der Waals surface area (Å²) in [6, 6.07) is 4.24. The summed E-state index contributed by atoms with van der Waals surface area (Å²) in [5.74, 6) is 1.07. The van der Waals surface area contributed by atoms with Crippen molar-refractivity contribution in [3.63, 3.8) is 0 Å². The van der Waals surface area contributed by atoms with Gasteiger partial charge in [0.2, 0.25) is 0 Å². The number of nitrogens with zero attached hydrogens (tertiary/aromatic N) is 2. The third kappa shape index (κ3) is 6.27. The molecular weight excluding hydrogens is 246 g/mol. The number of aromatic nitrogens is 1. The molecule has 1 aromatic rings. The highest BCUT2D eigenvalue weighted by Gasteiger charge is 2.02. The first-order valence-corrected chi connectivity index (χ1v) is 8.26. The summed E-state index contributed by atoms with van der Waals surface area (Å²) in [6.45, 7) is 9.66. The molecule has 0 aromatic carbocycles. The van der Waals surface area contributed by atoms with Crippen molar-refractivity contribution in [1.29, 1.82) is 0 Å². The Bertz CT molecular complexity index is 331. The Kier molecular flexibility index (Phi) is 8.84. The molecule has 20 heavy (non-hydrogen) atoms. The summed E-state index contributed by atoms with van der Waals surface area (Å²) < 4.78 is 0. The standard InChI is InChI=1S/C17H31N3/c1-4-7-8-9-10-11-14-18-16-12-13-17(19-15-16)20(5-2)6-3/h12-13,15,18H,4-11,14H2,1-3H3. The minimum Gasteiger partial charge on any atom is -0.384 e. The van der Waals surface area contributed by atoms with Crippen LogP contribution in [-0.2, 0) is 0 Å². The van der Waals surface area contributed by atoms with E-state index >= 15 is 0 Å². The van der Waals surface area contributed by atoms with Gasteiger partial charge in [0.05, 0.1) is 11.9 Å². The molecule has 0 atom stereocenters. The predicted molar refractivity (Wildman–Crippen MR) is 89.7 cm³/mol. The minimum atomic E-state index is 1.01. The fraction of sp³-hybridized carbons (Fsp3) is 0.706. The smallest absolute Gasteiger partial charge is 0.128 e. The molecule has 3 nitrogen and oxygen atoms in total. The second-order valence-electron chi connectivity index (χ2n) is 5.27. The van der Waals surface area contributed by atoms with Crippen LogP contribution in [0.25, 0.3) is 0 Å². The molecule has 1 heterocycles. The lowest BCUT2D eigenvalue weighted by Crippen LogP contribution is -2.22. The van der Waals surface area contributed by atoms with E-state index in [4.69, 9.17) is 0 Å². The van der Waals surface area contributed by atoms with Crippen molar-refractivity contribution in [3.8, 4) is 0 Å². The van der Waals surface area contributed by atoms with Gasteiger partial charge in [0, 0.05) is 19.6 Å². The second kappa shape index (κ2) is 10.5. The highest BCUT2D eigenvalue weighted by molar-refractivity contribution is 5.48. The number of hydrogen-bond acceptors (Lipinski definition) is 3. The molecule has 0 saturated carbocycles. The molecule has 0 spiro atoms. The second-order valence-corrected chi connectivity index (χ2v) is 5.27. The summed E-state index contributed by atoms with van der Waals surface area (Å²) in [7, 11) is 0. The van der Waals surface area contributed by atoms with E-state index in [2.05, 4.69) is 48.1 Å². The summed E-state index contributed by atoms with van der Waals surface area (Å²) in [4.78, 5) is 6.78. The molecule has 0 aliphatic rings. The molecule has 0 amide bonds. The number of unbranched alkanes of at least 4 members (excludes halogenated alkanes) is 5. The van der Waals surface area contributed by atoms with Gasteiger partial charge in [-0.25, -0.2) is 4.98 Å². The van der Waals surface area contributed by atoms with Gasteiger partial charge in [-0.05, 0) is 32.4 Å². The van der Waals surface area contributed by atoms with Crippen LogP contribution < -0.4 is 10.2 Å². The van der Waals surface area contributed by atoms with Gasteiger partial charge in [0.1, 0.15) is 5.82 Å². The molecule has 0 unspecified atom stereocenters. The Hall–Kier alpha value is -1.25. The number of nitrogens with one attached hydrogen (secondary N) is 1. The van der Waals surface area contributed by atoms with Crippen molar-refractivity contribution >= 4 is 11.5 Å². The molecule has 1 N–H and O–H groups in total. The predicted octanol–water partition coefficient (Wildman–Crippen LogP) is 4.70. The quantitative estimate of drug-likeness (QED) is 0.594. The maximum absolute atomic E-state index is 4.52. The van der Waals surface area contributed by atoms with E-state index in [0.29, 0.717) is 0 Å². The molecule has 3 heteroatoms. The summed E-state index contributed by atoms with van der Waals surface area (Å²) in [5.41, 5.74) is 1.13. The van der Waals surface area contributed by atoms with E-state index in [9.17, 15) is 0 Å². The first kappa shape index (κ1) is 16.8. The van der Waals surface area contributed by atoms with Crippen molar-refractivity contribution in [2.45, 2.75) is 59.3 Å². The van der Waals surface area contributed by atoms with E-state index in [1.807, 2.05) is 6.20 Å². The third-order valence-corrected chi connectivity index (χ3v) is 3.69. The average molecular weight is 277 g/mol. The van der Waals surface area contributed by atoms with Crippen LogP contribution in [-0.4, -0.2) is 24.6 Å². The van der Waals surface area contributed by atoms with E-state index in [0.717, 1.165) is 31.1 Å². The van der Waals surface area contributed by atoms with Crippen LogP contribution in [0.1, 0.15) is 59.3 Å². The molecule has 1 aromatic heterocycles. The molecule has 0 aliphatic heterocycles. The van der Waals surface area contributed by atoms with Crippen LogP contribution in [0.3, 0.4) is 0 Å². The van der Waals surface area contributed by atoms with E-state index < -0.39 is 0 Å². The normalized spacial score (nSPS) is 10.6. The van der Waals surface area contributed by atoms with Gasteiger partial charge in [0.15, 0.2) is 0 Å². The highest BCUT2D eigenvalue weighted by Crippen LogP contribution is 2.14. The maximum Gasteiger partial charge on any atom is 0.128 e. The highest BCUT2D eigenvalue weighted by atomic mass is 15.2. The Morgan fingerprint density at radius 2 is 1.65 bits per heavy atom. The van der Waals surface area contributed by atoms with Crippen LogP contribution >= 0.6 is 0 Å². The van der Waals surface area contributed by atoms with Gasteiger partial charge >= 0.3 is 0 Å². The molecule has 114 valence electrons. The maximum atomic E-state index is 4.52. The first-order chi connectivity index (χ1) is 9.81. The Balaban J connectivity index is 2.21. The lowest BCUT2D eigenvalue weighted by atomic mass is 10.1. The van der Waals surface area contributed by atoms with Crippen LogP contribution in [0, 0.1) is 0 Å². The average Bonchev–Trinajstić information content (AvgIpc) is 2.49. The van der Waals surface area contributed by atoms with E-state index in [1.54, 1.807) is 0 Å². The number of hydrogen-bond donors (Lipinski definition) is 1. The van der Waals surface area contributed by atoms with Crippen molar-refractivity contribution in [1.82, 2.24) is 4.98 Å². The molecule has 0 bridgehead atoms. The van der Waals surface area contributed by atoms with Gasteiger partial charge in [-0.15, -0.1) is 0 Å². The van der Waals surface area contributed by atoms with E-state index in [-0.39, 0.29) is 0 Å². The summed E-state index contributed by atoms with van der Waals surface area (Å²) in [5, 5.41) is 3.46. The SMILES string of the molecule is CCCCCCCCNc1ccc(N(CC)CC)nc1. The van der Waals surface area contributed by atoms with Crippen molar-refractivity contribution < 1.29 is 0 Å². The fourth-order valence-electron chi connectivity index (χ4n) is 2.36. The fourth-order valence-corrected chi connectivity index (χ4v) is 2.36. The van der Waals surface area contributed by atoms with Gasteiger partial charge in [-0.2, -0.15) is 0 Å². The minimum absolute atomic E-state index is 1.01. The zero-order valence-electron chi connectivity index (χ0n) is 13.5. The Labute approximate surface area is 124 Å². The summed E-state index contributed by atoms with van der Waals surface area (Å²) >= 11 is 0. The lowest BCUT2D eigenvalue weighted by Gasteiger charge is -2.19. The Morgan fingerprint density at radius 3 is 2.25 bits per heavy atom. The third-order valence-electron chi connectivity index (χ3n) is 3.69. The van der Waals surface area contributed by atoms with Crippen LogP contribution in [0.5, 0.6) is 0 Å². The number of rotatable bonds is 11. The van der Waals surface area contributed by atoms with Gasteiger partial charge < -0.3 is 10.2 Å². The monoisotopic (exact) mass is 277 g/mol. The topological polar surface area (TPSA) is 28.2 Å². The van der Waals surface area contributed by atoms with Crippen molar-refractivity contribution in [2.24, 2.45) is 0 Å². The van der Waals surface area contributed by atoms with Crippen molar-refractivity contribution in [2.75, 3.05) is 29.9 Å². The van der Waals surface area contributed by atoms with Crippen LogP contribution in [0.4, 0.5) is 11.5 Å². The zero-order chi connectivity index (χ0) is 14.6. The van der Waals surface area contributed by atoms with Gasteiger partial charge in [-0.1, -0.05) is 39.0 Å². The van der Waals surface area contributed by atoms with Gasteiger partial charge in [-0.3, -0.25) is 0 Å². The lowest BCUT2D eigenvalue weighted by molar-refractivity contribution is 0.617. The molecular formula is C17H31N3.